The lowest BCUT2D eigenvalue weighted by molar-refractivity contribution is 0.00532. The maximum atomic E-state index is 5.23. The van der Waals surface area contributed by atoms with Crippen molar-refractivity contribution in [2.24, 2.45) is 5.41 Å². The van der Waals surface area contributed by atoms with Gasteiger partial charge in [-0.05, 0) is 33.1 Å². The van der Waals surface area contributed by atoms with Crippen molar-refractivity contribution in [1.29, 1.82) is 0 Å². The van der Waals surface area contributed by atoms with Gasteiger partial charge in [0.25, 0.3) is 0 Å². The van der Waals surface area contributed by atoms with E-state index in [0.717, 1.165) is 6.61 Å². The summed E-state index contributed by atoms with van der Waals surface area (Å²) in [6.45, 7) is 17.9. The average molecular weight is 188 g/mol. The molecule has 0 amide bonds. The first-order valence-corrected chi connectivity index (χ1v) is 5.26. The zero-order valence-electron chi connectivity index (χ0n) is 10.8. The first-order valence-electron chi connectivity index (χ1n) is 5.26. The molecule has 0 aliphatic heterocycles. The molecule has 0 heterocycles. The van der Waals surface area contributed by atoms with E-state index in [-0.39, 0.29) is 5.60 Å². The Hall–Kier alpha value is -0.0400. The number of hydrogen-bond donors (Lipinski definition) is 0. The van der Waals surface area contributed by atoms with Gasteiger partial charge in [-0.1, -0.05) is 34.1 Å². The molecule has 0 radical (unpaired) electrons. The fourth-order valence-electron chi connectivity index (χ4n) is 0.433. The van der Waals surface area contributed by atoms with Gasteiger partial charge in [-0.25, -0.2) is 0 Å². The molecule has 0 rings (SSSR count). The lowest BCUT2D eigenvalue weighted by Crippen LogP contribution is -2.18. The summed E-state index contributed by atoms with van der Waals surface area (Å²) in [5, 5.41) is 0. The van der Waals surface area contributed by atoms with E-state index in [4.69, 9.17) is 4.74 Å². The van der Waals surface area contributed by atoms with Crippen LogP contribution in [0.4, 0.5) is 0 Å². The first-order chi connectivity index (χ1) is 5.62. The summed E-state index contributed by atoms with van der Waals surface area (Å²) in [6, 6.07) is 0. The number of rotatable bonds is 1. The molecule has 0 aliphatic rings. The van der Waals surface area contributed by atoms with Crippen LogP contribution in [0.15, 0.2) is 0 Å². The minimum Gasteiger partial charge on any atom is -0.376 e. The molecular weight excluding hydrogens is 160 g/mol. The molecule has 0 bridgehead atoms. The summed E-state index contributed by atoms with van der Waals surface area (Å²) < 4.78 is 5.23. The van der Waals surface area contributed by atoms with Crippen LogP contribution in [0.1, 0.15) is 61.8 Å². The maximum Gasteiger partial charge on any atom is 0.0598 e. The Bertz CT molecular complexity index is 103. The fraction of sp³-hybridized carbons (Fsp3) is 1.00. The fourth-order valence-corrected chi connectivity index (χ4v) is 0.433. The maximum absolute atomic E-state index is 5.23. The van der Waals surface area contributed by atoms with Crippen LogP contribution in [0.2, 0.25) is 0 Å². The van der Waals surface area contributed by atoms with E-state index in [2.05, 4.69) is 48.5 Å². The standard InChI is InChI=1S/C6H14O.C6H14/c1-5-7-6(2,3)4;1-5-6(2,3)4/h5H2,1-4H3;5H2,1-4H3. The summed E-state index contributed by atoms with van der Waals surface area (Å²) in [6.07, 6.45) is 1.27. The Morgan fingerprint density at radius 2 is 1.15 bits per heavy atom. The van der Waals surface area contributed by atoms with Gasteiger partial charge >= 0.3 is 0 Å². The molecule has 1 heteroatoms. The van der Waals surface area contributed by atoms with Crippen LogP contribution in [0, 0.1) is 5.41 Å². The van der Waals surface area contributed by atoms with Crippen LogP contribution in [0.3, 0.4) is 0 Å². The van der Waals surface area contributed by atoms with E-state index < -0.39 is 0 Å². The lowest BCUT2D eigenvalue weighted by atomic mass is 9.94. The van der Waals surface area contributed by atoms with Crippen LogP contribution in [-0.4, -0.2) is 12.2 Å². The van der Waals surface area contributed by atoms with E-state index in [0.29, 0.717) is 5.41 Å². The third-order valence-electron chi connectivity index (χ3n) is 1.64. The Morgan fingerprint density at radius 1 is 0.846 bits per heavy atom. The van der Waals surface area contributed by atoms with E-state index in [1.54, 1.807) is 0 Å². The second-order valence-corrected chi connectivity index (χ2v) is 5.46. The Balaban J connectivity index is 0. The van der Waals surface area contributed by atoms with Gasteiger partial charge in [0.1, 0.15) is 0 Å². The highest BCUT2D eigenvalue weighted by Crippen LogP contribution is 2.16. The van der Waals surface area contributed by atoms with E-state index in [1.165, 1.54) is 6.42 Å². The summed E-state index contributed by atoms with van der Waals surface area (Å²) in [5.41, 5.74) is 0.592. The normalized spacial score (nSPS) is 12.0. The highest BCUT2D eigenvalue weighted by atomic mass is 16.5. The molecule has 0 spiro atoms. The minimum absolute atomic E-state index is 0.0503. The van der Waals surface area contributed by atoms with Crippen LogP contribution in [0.25, 0.3) is 0 Å². The van der Waals surface area contributed by atoms with Gasteiger partial charge in [0.2, 0.25) is 0 Å². The van der Waals surface area contributed by atoms with Crippen molar-refractivity contribution in [2.75, 3.05) is 6.61 Å². The second kappa shape index (κ2) is 6.42. The zero-order chi connectivity index (χ0) is 11.1. The molecular formula is C12H28O. The van der Waals surface area contributed by atoms with Crippen molar-refractivity contribution in [3.63, 3.8) is 0 Å². The van der Waals surface area contributed by atoms with Gasteiger partial charge in [0.05, 0.1) is 5.60 Å². The topological polar surface area (TPSA) is 9.23 Å². The summed E-state index contributed by atoms with van der Waals surface area (Å²) in [7, 11) is 0. The first kappa shape index (κ1) is 15.4. The molecule has 0 aromatic rings. The minimum atomic E-state index is 0.0503. The highest BCUT2D eigenvalue weighted by molar-refractivity contribution is 4.56. The SMILES string of the molecule is CCC(C)(C)C.CCOC(C)(C)C. The van der Waals surface area contributed by atoms with Crippen LogP contribution in [-0.2, 0) is 4.74 Å². The summed E-state index contributed by atoms with van der Waals surface area (Å²) >= 11 is 0. The predicted molar refractivity (Wildman–Crippen MR) is 61.1 cm³/mol. The zero-order valence-corrected chi connectivity index (χ0v) is 10.8. The van der Waals surface area contributed by atoms with Crippen LogP contribution < -0.4 is 0 Å². The number of hydrogen-bond acceptors (Lipinski definition) is 1. The molecule has 0 atom stereocenters. The van der Waals surface area contributed by atoms with Crippen molar-refractivity contribution < 1.29 is 4.74 Å². The van der Waals surface area contributed by atoms with Gasteiger partial charge < -0.3 is 4.74 Å². The molecule has 0 N–H and O–H groups in total. The van der Waals surface area contributed by atoms with E-state index >= 15 is 0 Å². The smallest absolute Gasteiger partial charge is 0.0598 e. The van der Waals surface area contributed by atoms with E-state index in [9.17, 15) is 0 Å². The van der Waals surface area contributed by atoms with Crippen LogP contribution in [0.5, 0.6) is 0 Å². The molecule has 0 saturated heterocycles. The molecule has 0 unspecified atom stereocenters. The molecule has 0 fully saturated rings. The molecule has 1 nitrogen and oxygen atoms in total. The Kier molecular flexibility index (Phi) is 7.62. The quantitative estimate of drug-likeness (QED) is 0.597. The van der Waals surface area contributed by atoms with Gasteiger partial charge in [0, 0.05) is 6.61 Å². The Morgan fingerprint density at radius 3 is 1.15 bits per heavy atom. The van der Waals surface area contributed by atoms with Gasteiger partial charge in [0.15, 0.2) is 0 Å². The molecule has 0 saturated carbocycles. The highest BCUT2D eigenvalue weighted by Gasteiger charge is 2.06. The number of ether oxygens (including phenoxy) is 1. The second-order valence-electron chi connectivity index (χ2n) is 5.46. The van der Waals surface area contributed by atoms with Crippen LogP contribution >= 0.6 is 0 Å². The third-order valence-corrected chi connectivity index (χ3v) is 1.64. The molecule has 13 heavy (non-hydrogen) atoms. The van der Waals surface area contributed by atoms with Crippen molar-refractivity contribution in [2.45, 2.75) is 67.4 Å². The molecule has 0 aromatic heterocycles. The third kappa shape index (κ3) is 24.5. The van der Waals surface area contributed by atoms with Gasteiger partial charge in [-0.3, -0.25) is 0 Å². The molecule has 0 aromatic carbocycles. The average Bonchev–Trinajstić information content (AvgIpc) is 1.84. The van der Waals surface area contributed by atoms with Gasteiger partial charge in [-0.2, -0.15) is 0 Å². The largest absolute Gasteiger partial charge is 0.376 e. The summed E-state index contributed by atoms with van der Waals surface area (Å²) in [4.78, 5) is 0. The van der Waals surface area contributed by atoms with Crippen molar-refractivity contribution in [1.82, 2.24) is 0 Å². The lowest BCUT2D eigenvalue weighted by Gasteiger charge is -2.17. The van der Waals surface area contributed by atoms with Gasteiger partial charge in [-0.15, -0.1) is 0 Å². The predicted octanol–water partition coefficient (Wildman–Crippen LogP) is 4.26. The van der Waals surface area contributed by atoms with E-state index in [1.807, 2.05) is 6.92 Å². The molecule has 0 aliphatic carbocycles. The summed E-state index contributed by atoms with van der Waals surface area (Å²) in [5.74, 6) is 0. The van der Waals surface area contributed by atoms with Crippen molar-refractivity contribution in [3.05, 3.63) is 0 Å². The van der Waals surface area contributed by atoms with Crippen molar-refractivity contribution in [3.8, 4) is 0 Å². The molecule has 82 valence electrons. The van der Waals surface area contributed by atoms with Crippen molar-refractivity contribution >= 4 is 0 Å². The Labute approximate surface area is 84.9 Å². The monoisotopic (exact) mass is 188 g/mol.